The zero-order valence-electron chi connectivity index (χ0n) is 31.7. The van der Waals surface area contributed by atoms with Crippen LogP contribution in [0.2, 0.25) is 0 Å². The number of nitrogens with zero attached hydrogens (tertiary/aromatic N) is 5. The number of para-hydroxylation sites is 2. The van der Waals surface area contributed by atoms with E-state index in [1.54, 1.807) is 12.2 Å². The molecule has 9 heteroatoms. The Kier molecular flexibility index (Phi) is 8.40. The normalized spacial score (nSPS) is 16.1. The van der Waals surface area contributed by atoms with Crippen molar-refractivity contribution in [3.63, 3.8) is 0 Å². The molecule has 0 atom stereocenters. The lowest BCUT2D eigenvalue weighted by Crippen LogP contribution is -2.42. The van der Waals surface area contributed by atoms with Crippen molar-refractivity contribution >= 4 is 39.9 Å². The van der Waals surface area contributed by atoms with E-state index in [2.05, 4.69) is 58.7 Å². The molecule has 276 valence electrons. The van der Waals surface area contributed by atoms with Crippen LogP contribution in [-0.2, 0) is 10.8 Å². The molecule has 1 aliphatic carbocycles. The number of fused-ring (bicyclic) bond motifs is 4. The van der Waals surface area contributed by atoms with Crippen LogP contribution in [0.1, 0.15) is 65.2 Å². The third kappa shape index (κ3) is 5.84. The summed E-state index contributed by atoms with van der Waals surface area (Å²) in [5.74, 6) is 0.749. The molecule has 3 heterocycles. The maximum atomic E-state index is 14.0. The summed E-state index contributed by atoms with van der Waals surface area (Å²) in [5, 5.41) is 1.83. The highest BCUT2D eigenvalue weighted by Gasteiger charge is 2.56. The molecule has 1 aliphatic rings. The van der Waals surface area contributed by atoms with Crippen LogP contribution in [0, 0.1) is 5.41 Å². The molecule has 55 heavy (non-hydrogen) atoms. The van der Waals surface area contributed by atoms with Gasteiger partial charge in [-0.15, -0.1) is 0 Å². The third-order valence-electron chi connectivity index (χ3n) is 12.1. The topological polar surface area (TPSA) is 77.1 Å². The van der Waals surface area contributed by atoms with E-state index in [9.17, 15) is 13.2 Å². The van der Waals surface area contributed by atoms with Gasteiger partial charge in [-0.1, -0.05) is 126 Å². The van der Waals surface area contributed by atoms with Crippen molar-refractivity contribution in [3.05, 3.63) is 120 Å². The Balaban J connectivity index is 1.39. The van der Waals surface area contributed by atoms with Gasteiger partial charge in [0.2, 0.25) is 0 Å². The molecule has 0 spiro atoms. The highest BCUT2D eigenvalue weighted by atomic mass is 19.4. The highest BCUT2D eigenvalue weighted by molar-refractivity contribution is 6.09. The molecule has 4 aromatic carbocycles. The highest BCUT2D eigenvalue weighted by Crippen LogP contribution is 2.62. The minimum Gasteiger partial charge on any atom is -0.455 e. The molecular formula is C46H40F3N5O. The average Bonchev–Trinajstić information content (AvgIpc) is 3.59. The van der Waals surface area contributed by atoms with E-state index >= 15 is 0 Å². The van der Waals surface area contributed by atoms with Crippen LogP contribution in [-0.4, -0.2) is 32.3 Å². The fourth-order valence-corrected chi connectivity index (χ4v) is 7.98. The molecule has 0 unspecified atom stereocenters. The van der Waals surface area contributed by atoms with Crippen molar-refractivity contribution in [1.82, 2.24) is 19.9 Å². The molecule has 0 aliphatic heterocycles. The average molecular weight is 736 g/mol. The Hall–Kier alpha value is -5.96. The van der Waals surface area contributed by atoms with Gasteiger partial charge < -0.3 is 4.42 Å². The number of rotatable bonds is 6. The van der Waals surface area contributed by atoms with Crippen LogP contribution in [0.4, 0.5) is 18.9 Å². The van der Waals surface area contributed by atoms with Crippen molar-refractivity contribution in [2.45, 2.75) is 65.5 Å². The number of hydrogen-bond acceptors (Lipinski definition) is 6. The van der Waals surface area contributed by atoms with E-state index in [-0.39, 0.29) is 39.5 Å². The summed E-state index contributed by atoms with van der Waals surface area (Å²) < 4.78 is 48.3. The van der Waals surface area contributed by atoms with Gasteiger partial charge in [-0.25, -0.2) is 15.0 Å². The van der Waals surface area contributed by atoms with Gasteiger partial charge in [0.25, 0.3) is 0 Å². The zero-order chi connectivity index (χ0) is 38.9. The van der Waals surface area contributed by atoms with Crippen molar-refractivity contribution in [2.24, 2.45) is 10.4 Å². The number of allylic oxidation sites excluding steroid dienone is 1. The minimum atomic E-state index is -4.68. The first kappa shape index (κ1) is 36.0. The Morgan fingerprint density at radius 1 is 0.673 bits per heavy atom. The van der Waals surface area contributed by atoms with Crippen molar-refractivity contribution < 1.29 is 17.6 Å². The molecule has 0 radical (unpaired) electrons. The first-order valence-electron chi connectivity index (χ1n) is 18.3. The number of aromatic nitrogens is 4. The first-order chi connectivity index (χ1) is 26.1. The molecule has 0 saturated heterocycles. The fourth-order valence-electron chi connectivity index (χ4n) is 7.98. The molecule has 3 aromatic heterocycles. The van der Waals surface area contributed by atoms with Gasteiger partial charge in [0.15, 0.2) is 17.5 Å². The van der Waals surface area contributed by atoms with E-state index in [1.807, 2.05) is 85.8 Å². The fraction of sp³-hybridized carbons (Fsp3) is 0.239. The summed E-state index contributed by atoms with van der Waals surface area (Å²) in [5.41, 5.74) is 6.61. The number of aliphatic imine (C=N–C) groups is 1. The maximum Gasteiger partial charge on any atom is 0.426 e. The largest absolute Gasteiger partial charge is 0.455 e. The molecule has 0 saturated carbocycles. The summed E-state index contributed by atoms with van der Waals surface area (Å²) in [6.07, 6.45) is 0.370. The number of furan rings is 1. The lowest BCUT2D eigenvalue weighted by atomic mass is 9.59. The lowest BCUT2D eigenvalue weighted by molar-refractivity contribution is -0.0535. The Bertz CT molecular complexity index is 2690. The second-order valence-corrected chi connectivity index (χ2v) is 15.7. The number of benzene rings is 4. The van der Waals surface area contributed by atoms with Gasteiger partial charge in [0, 0.05) is 33.7 Å². The predicted molar refractivity (Wildman–Crippen MR) is 215 cm³/mol. The summed E-state index contributed by atoms with van der Waals surface area (Å²) in [6.45, 7) is 15.4. The summed E-state index contributed by atoms with van der Waals surface area (Å²) in [6, 6.07) is 29.2. The Morgan fingerprint density at radius 2 is 1.33 bits per heavy atom. The smallest absolute Gasteiger partial charge is 0.426 e. The summed E-state index contributed by atoms with van der Waals surface area (Å²) in [7, 11) is 0. The molecule has 0 bridgehead atoms. The first-order valence-corrected chi connectivity index (χ1v) is 18.3. The number of halogens is 3. The number of hydrogen-bond donors (Lipinski definition) is 0. The standard InChI is InChI=1S/C46H40F3N5O/c1-8-15-31-37(28-22-23-34-35(24-28)44(4,5)45(6,7)43(34,2)3)50-25-33(38(31)51-26-46(47,48)49)42-53-40(27-16-10-9-11-17-27)52-41(54-42)32-20-14-19-30-29-18-12-13-21-36(29)55-39(30)32/h8-26H,1-7H3/b15-8-,51-26?. The van der Waals surface area contributed by atoms with Crippen molar-refractivity contribution in [3.8, 4) is 45.4 Å². The third-order valence-corrected chi connectivity index (χ3v) is 12.1. The van der Waals surface area contributed by atoms with Crippen LogP contribution in [0.5, 0.6) is 0 Å². The summed E-state index contributed by atoms with van der Waals surface area (Å²) >= 11 is 0. The van der Waals surface area contributed by atoms with E-state index in [4.69, 9.17) is 24.4 Å². The number of pyridine rings is 1. The van der Waals surface area contributed by atoms with E-state index in [1.165, 1.54) is 17.3 Å². The van der Waals surface area contributed by atoms with Crippen LogP contribution in [0.15, 0.2) is 113 Å². The van der Waals surface area contributed by atoms with E-state index in [0.717, 1.165) is 16.3 Å². The lowest BCUT2D eigenvalue weighted by Gasteiger charge is -2.44. The van der Waals surface area contributed by atoms with Crippen LogP contribution in [0.25, 0.3) is 73.4 Å². The minimum absolute atomic E-state index is 0.00873. The summed E-state index contributed by atoms with van der Waals surface area (Å²) in [4.78, 5) is 23.8. The van der Waals surface area contributed by atoms with Crippen molar-refractivity contribution in [1.29, 1.82) is 0 Å². The van der Waals surface area contributed by atoms with Gasteiger partial charge in [0.1, 0.15) is 17.4 Å². The quantitative estimate of drug-likeness (QED) is 0.159. The SMILES string of the molecule is C/C=C\c1c(-c2ccc3c(c2)C(C)(C)C(C)(C)C3(C)C)ncc(-c2nc(-c3ccccc3)nc(-c3cccc4c3oc3ccccc34)n2)c1N=CC(F)(F)F. The van der Waals surface area contributed by atoms with Crippen molar-refractivity contribution in [2.75, 3.05) is 0 Å². The van der Waals surface area contributed by atoms with Gasteiger partial charge in [0.05, 0.1) is 22.5 Å². The zero-order valence-corrected chi connectivity index (χ0v) is 31.7. The van der Waals surface area contributed by atoms with Gasteiger partial charge in [-0.3, -0.25) is 9.98 Å². The molecule has 0 fully saturated rings. The maximum absolute atomic E-state index is 14.0. The molecule has 8 rings (SSSR count). The van der Waals surface area contributed by atoms with Crippen LogP contribution < -0.4 is 0 Å². The molecule has 7 aromatic rings. The number of alkyl halides is 3. The molecule has 0 N–H and O–H groups in total. The second kappa shape index (κ2) is 12.8. The monoisotopic (exact) mass is 735 g/mol. The Labute approximate surface area is 318 Å². The van der Waals surface area contributed by atoms with Crippen LogP contribution in [0.3, 0.4) is 0 Å². The second-order valence-electron chi connectivity index (χ2n) is 15.7. The van der Waals surface area contributed by atoms with Gasteiger partial charge >= 0.3 is 6.18 Å². The van der Waals surface area contributed by atoms with Crippen LogP contribution >= 0.6 is 0 Å². The van der Waals surface area contributed by atoms with E-state index in [0.29, 0.717) is 45.2 Å². The molecular weight excluding hydrogens is 696 g/mol. The van der Waals surface area contributed by atoms with E-state index < -0.39 is 6.18 Å². The van der Waals surface area contributed by atoms with Gasteiger partial charge in [-0.2, -0.15) is 13.2 Å². The van der Waals surface area contributed by atoms with Gasteiger partial charge in [-0.05, 0) is 52.5 Å². The molecule has 6 nitrogen and oxygen atoms in total. The predicted octanol–water partition coefficient (Wildman–Crippen LogP) is 12.7. The molecule has 0 amide bonds. The Morgan fingerprint density at radius 3 is 2.05 bits per heavy atom.